The Bertz CT molecular complexity index is 357. The lowest BCUT2D eigenvalue weighted by molar-refractivity contribution is -0.122. The second-order valence-corrected chi connectivity index (χ2v) is 4.04. The maximum Gasteiger partial charge on any atom is 0.237 e. The molecule has 1 aliphatic carbocycles. The third-order valence-electron chi connectivity index (χ3n) is 2.78. The Hall–Kier alpha value is -1.29. The Morgan fingerprint density at radius 3 is 3.27 bits per heavy atom. The maximum absolute atomic E-state index is 11.5. The number of nitrogens with two attached hydrogens (primary N) is 1. The van der Waals surface area contributed by atoms with Crippen molar-refractivity contribution in [1.82, 2.24) is 5.32 Å². The van der Waals surface area contributed by atoms with E-state index in [0.717, 1.165) is 30.6 Å². The van der Waals surface area contributed by atoms with Crippen molar-refractivity contribution in [2.24, 2.45) is 5.73 Å². The molecular formula is C11H16N2O2. The molecule has 0 radical (unpaired) electrons. The van der Waals surface area contributed by atoms with Crippen molar-refractivity contribution in [2.45, 2.75) is 38.3 Å². The standard InChI is InChI=1S/C11H16N2O2/c1-7(12)11(14)13-9-3-2-4-10-8(9)5-6-15-10/h5-7,9H,2-4,12H2,1H3,(H,13,14)/t7-,9?/m0/s1. The van der Waals surface area contributed by atoms with Gasteiger partial charge in [0, 0.05) is 12.0 Å². The quantitative estimate of drug-likeness (QED) is 0.765. The molecule has 4 heteroatoms. The van der Waals surface area contributed by atoms with E-state index in [-0.39, 0.29) is 11.9 Å². The first-order valence-electron chi connectivity index (χ1n) is 5.30. The number of hydrogen-bond donors (Lipinski definition) is 2. The third kappa shape index (κ3) is 2.04. The summed E-state index contributed by atoms with van der Waals surface area (Å²) in [7, 11) is 0. The largest absolute Gasteiger partial charge is 0.469 e. The van der Waals surface area contributed by atoms with Gasteiger partial charge in [0.15, 0.2) is 0 Å². The van der Waals surface area contributed by atoms with E-state index in [1.807, 2.05) is 6.07 Å². The second kappa shape index (κ2) is 4.06. The number of fused-ring (bicyclic) bond motifs is 1. The molecule has 2 atom stereocenters. The van der Waals surface area contributed by atoms with E-state index in [4.69, 9.17) is 10.2 Å². The van der Waals surface area contributed by atoms with Gasteiger partial charge in [0.25, 0.3) is 0 Å². The van der Waals surface area contributed by atoms with E-state index in [1.165, 1.54) is 0 Å². The normalized spacial score (nSPS) is 21.9. The van der Waals surface area contributed by atoms with E-state index in [0.29, 0.717) is 0 Å². The summed E-state index contributed by atoms with van der Waals surface area (Å²) in [4.78, 5) is 11.5. The van der Waals surface area contributed by atoms with Gasteiger partial charge in [0.2, 0.25) is 5.91 Å². The Morgan fingerprint density at radius 1 is 1.73 bits per heavy atom. The first-order chi connectivity index (χ1) is 7.18. The van der Waals surface area contributed by atoms with Gasteiger partial charge in [-0.1, -0.05) is 0 Å². The smallest absolute Gasteiger partial charge is 0.237 e. The van der Waals surface area contributed by atoms with Crippen molar-refractivity contribution < 1.29 is 9.21 Å². The Morgan fingerprint density at radius 2 is 2.53 bits per heavy atom. The molecule has 1 heterocycles. The molecule has 15 heavy (non-hydrogen) atoms. The van der Waals surface area contributed by atoms with E-state index in [2.05, 4.69) is 5.32 Å². The van der Waals surface area contributed by atoms with Crippen molar-refractivity contribution in [2.75, 3.05) is 0 Å². The molecule has 1 unspecified atom stereocenters. The van der Waals surface area contributed by atoms with Gasteiger partial charge in [0.05, 0.1) is 18.3 Å². The number of rotatable bonds is 2. The Labute approximate surface area is 88.8 Å². The summed E-state index contributed by atoms with van der Waals surface area (Å²) >= 11 is 0. The van der Waals surface area contributed by atoms with Crippen LogP contribution in [0.5, 0.6) is 0 Å². The zero-order valence-electron chi connectivity index (χ0n) is 8.82. The highest BCUT2D eigenvalue weighted by atomic mass is 16.3. The summed E-state index contributed by atoms with van der Waals surface area (Å²) in [6, 6.07) is 1.55. The first-order valence-corrected chi connectivity index (χ1v) is 5.30. The SMILES string of the molecule is C[C@H](N)C(=O)NC1CCCc2occc21. The van der Waals surface area contributed by atoms with E-state index < -0.39 is 6.04 Å². The van der Waals surface area contributed by atoms with Crippen LogP contribution < -0.4 is 11.1 Å². The highest BCUT2D eigenvalue weighted by Gasteiger charge is 2.24. The minimum atomic E-state index is -0.456. The molecule has 0 aliphatic heterocycles. The van der Waals surface area contributed by atoms with Crippen LogP contribution in [0.1, 0.15) is 37.1 Å². The highest BCUT2D eigenvalue weighted by Crippen LogP contribution is 2.30. The lowest BCUT2D eigenvalue weighted by Crippen LogP contribution is -2.41. The van der Waals surface area contributed by atoms with Crippen molar-refractivity contribution >= 4 is 5.91 Å². The molecule has 3 N–H and O–H groups in total. The van der Waals surface area contributed by atoms with Gasteiger partial charge in [-0.3, -0.25) is 4.79 Å². The number of carbonyl (C=O) groups excluding carboxylic acids is 1. The summed E-state index contributed by atoms with van der Waals surface area (Å²) in [6.07, 6.45) is 4.66. The number of nitrogens with one attached hydrogen (secondary N) is 1. The average molecular weight is 208 g/mol. The molecule has 0 bridgehead atoms. The fraction of sp³-hybridized carbons (Fsp3) is 0.545. The average Bonchev–Trinajstić information content (AvgIpc) is 2.66. The first kappa shape index (κ1) is 10.2. The van der Waals surface area contributed by atoms with E-state index in [9.17, 15) is 4.79 Å². The lowest BCUT2D eigenvalue weighted by atomic mass is 9.93. The molecule has 82 valence electrons. The van der Waals surface area contributed by atoms with E-state index >= 15 is 0 Å². The number of hydrogen-bond acceptors (Lipinski definition) is 3. The summed E-state index contributed by atoms with van der Waals surface area (Å²) < 4.78 is 5.35. The number of aryl methyl sites for hydroxylation is 1. The summed E-state index contributed by atoms with van der Waals surface area (Å²) in [5.41, 5.74) is 6.62. The van der Waals surface area contributed by atoms with Crippen LogP contribution in [0, 0.1) is 0 Å². The predicted molar refractivity (Wildman–Crippen MR) is 56.2 cm³/mol. The van der Waals surface area contributed by atoms with Gasteiger partial charge in [-0.25, -0.2) is 0 Å². The molecule has 0 fully saturated rings. The van der Waals surface area contributed by atoms with Crippen LogP contribution in [0.4, 0.5) is 0 Å². The maximum atomic E-state index is 11.5. The summed E-state index contributed by atoms with van der Waals surface area (Å²) in [6.45, 7) is 1.69. The van der Waals surface area contributed by atoms with Crippen LogP contribution in [-0.2, 0) is 11.2 Å². The molecule has 1 amide bonds. The van der Waals surface area contributed by atoms with Crippen LogP contribution in [0.15, 0.2) is 16.7 Å². The lowest BCUT2D eigenvalue weighted by Gasteiger charge is -2.23. The molecule has 0 saturated carbocycles. The molecule has 4 nitrogen and oxygen atoms in total. The third-order valence-corrected chi connectivity index (χ3v) is 2.78. The molecule has 1 aromatic rings. The zero-order valence-corrected chi connectivity index (χ0v) is 8.82. The minimum absolute atomic E-state index is 0.0750. The van der Waals surface area contributed by atoms with Crippen LogP contribution in [-0.4, -0.2) is 11.9 Å². The monoisotopic (exact) mass is 208 g/mol. The van der Waals surface area contributed by atoms with Crippen LogP contribution in [0.3, 0.4) is 0 Å². The highest BCUT2D eigenvalue weighted by molar-refractivity contribution is 5.81. The summed E-state index contributed by atoms with van der Waals surface area (Å²) in [5, 5.41) is 2.94. The molecule has 0 spiro atoms. The van der Waals surface area contributed by atoms with Gasteiger partial charge in [-0.15, -0.1) is 0 Å². The number of carbonyl (C=O) groups is 1. The minimum Gasteiger partial charge on any atom is -0.469 e. The molecule has 1 aromatic heterocycles. The van der Waals surface area contributed by atoms with Crippen molar-refractivity contribution in [3.05, 3.63) is 23.7 Å². The van der Waals surface area contributed by atoms with E-state index in [1.54, 1.807) is 13.2 Å². The van der Waals surface area contributed by atoms with Gasteiger partial charge >= 0.3 is 0 Å². The molecule has 1 aliphatic rings. The number of amides is 1. The van der Waals surface area contributed by atoms with Crippen molar-refractivity contribution in [3.8, 4) is 0 Å². The van der Waals surface area contributed by atoms with Crippen LogP contribution >= 0.6 is 0 Å². The van der Waals surface area contributed by atoms with Gasteiger partial charge in [-0.05, 0) is 25.8 Å². The topological polar surface area (TPSA) is 68.3 Å². The molecule has 2 rings (SSSR count). The fourth-order valence-corrected chi connectivity index (χ4v) is 1.94. The predicted octanol–water partition coefficient (Wildman–Crippen LogP) is 1.12. The fourth-order valence-electron chi connectivity index (χ4n) is 1.94. The zero-order chi connectivity index (χ0) is 10.8. The Balaban J connectivity index is 2.10. The molecular weight excluding hydrogens is 192 g/mol. The molecule has 0 aromatic carbocycles. The summed E-state index contributed by atoms with van der Waals surface area (Å²) in [5.74, 6) is 0.894. The Kier molecular flexibility index (Phi) is 2.77. The van der Waals surface area contributed by atoms with Gasteiger partial charge in [0.1, 0.15) is 5.76 Å². The van der Waals surface area contributed by atoms with Crippen LogP contribution in [0.25, 0.3) is 0 Å². The van der Waals surface area contributed by atoms with Gasteiger partial charge < -0.3 is 15.5 Å². The molecule has 0 saturated heterocycles. The van der Waals surface area contributed by atoms with Gasteiger partial charge in [-0.2, -0.15) is 0 Å². The number of furan rings is 1. The van der Waals surface area contributed by atoms with Crippen LogP contribution in [0.2, 0.25) is 0 Å². The van der Waals surface area contributed by atoms with Crippen molar-refractivity contribution in [3.63, 3.8) is 0 Å². The van der Waals surface area contributed by atoms with Crippen molar-refractivity contribution in [1.29, 1.82) is 0 Å². The second-order valence-electron chi connectivity index (χ2n) is 4.04.